The topological polar surface area (TPSA) is 59.9 Å². The van der Waals surface area contributed by atoms with Crippen LogP contribution in [0.25, 0.3) is 0 Å². The summed E-state index contributed by atoms with van der Waals surface area (Å²) in [6.07, 6.45) is 4.37. The van der Waals surface area contributed by atoms with Crippen molar-refractivity contribution < 1.29 is 4.74 Å². The third kappa shape index (κ3) is 3.16. The van der Waals surface area contributed by atoms with Crippen LogP contribution in [-0.4, -0.2) is 21.8 Å². The lowest BCUT2D eigenvalue weighted by atomic mass is 10.2. The van der Waals surface area contributed by atoms with E-state index in [1.807, 2.05) is 6.20 Å². The number of hydrogen-bond donors (Lipinski definition) is 1. The second kappa shape index (κ2) is 6.15. The Morgan fingerprint density at radius 1 is 1.40 bits per heavy atom. The van der Waals surface area contributed by atoms with E-state index >= 15 is 0 Å². The molecule has 3 rings (SSSR count). The maximum absolute atomic E-state index is 5.65. The molecular formula is C13H18N4OS2. The van der Waals surface area contributed by atoms with E-state index in [9.17, 15) is 0 Å². The number of rotatable bonds is 5. The SMILES string of the molecule is CC(C)c1nnc(NCc2cnc([C@H]3CCCO3)s2)s1. The van der Waals surface area contributed by atoms with Crippen LogP contribution in [0.2, 0.25) is 0 Å². The molecule has 1 atom stereocenters. The lowest BCUT2D eigenvalue weighted by Crippen LogP contribution is -1.96. The van der Waals surface area contributed by atoms with Crippen molar-refractivity contribution in [1.82, 2.24) is 15.2 Å². The number of anilines is 1. The minimum Gasteiger partial charge on any atom is -0.371 e. The number of aromatic nitrogens is 3. The zero-order valence-electron chi connectivity index (χ0n) is 11.6. The lowest BCUT2D eigenvalue weighted by Gasteiger charge is -2.03. The Bertz CT molecular complexity index is 560. The van der Waals surface area contributed by atoms with Crippen molar-refractivity contribution in [3.8, 4) is 0 Å². The van der Waals surface area contributed by atoms with Crippen LogP contribution in [0.3, 0.4) is 0 Å². The van der Waals surface area contributed by atoms with Crippen LogP contribution in [0.1, 0.15) is 53.6 Å². The largest absolute Gasteiger partial charge is 0.371 e. The van der Waals surface area contributed by atoms with E-state index in [-0.39, 0.29) is 6.10 Å². The third-order valence-corrected chi connectivity index (χ3v) is 5.40. The fourth-order valence-corrected chi connectivity index (χ4v) is 3.71. The Kier molecular flexibility index (Phi) is 4.28. The zero-order chi connectivity index (χ0) is 13.9. The van der Waals surface area contributed by atoms with E-state index in [1.165, 1.54) is 4.88 Å². The van der Waals surface area contributed by atoms with Gasteiger partial charge in [-0.2, -0.15) is 0 Å². The van der Waals surface area contributed by atoms with Gasteiger partial charge in [0, 0.05) is 23.6 Å². The molecule has 2 aromatic heterocycles. The zero-order valence-corrected chi connectivity index (χ0v) is 13.3. The molecule has 1 N–H and O–H groups in total. The summed E-state index contributed by atoms with van der Waals surface area (Å²) in [7, 11) is 0. The van der Waals surface area contributed by atoms with E-state index in [2.05, 4.69) is 34.3 Å². The van der Waals surface area contributed by atoms with Gasteiger partial charge in [-0.25, -0.2) is 4.98 Å². The summed E-state index contributed by atoms with van der Waals surface area (Å²) in [5.74, 6) is 0.428. The van der Waals surface area contributed by atoms with Crippen molar-refractivity contribution >= 4 is 27.8 Å². The molecule has 1 aliphatic heterocycles. The summed E-state index contributed by atoms with van der Waals surface area (Å²) >= 11 is 3.34. The molecule has 0 saturated carbocycles. The van der Waals surface area contributed by atoms with Crippen LogP contribution in [0.5, 0.6) is 0 Å². The molecule has 0 aliphatic carbocycles. The Morgan fingerprint density at radius 3 is 3.00 bits per heavy atom. The molecule has 2 aromatic rings. The molecule has 5 nitrogen and oxygen atoms in total. The van der Waals surface area contributed by atoms with Crippen LogP contribution >= 0.6 is 22.7 Å². The molecule has 1 fully saturated rings. The van der Waals surface area contributed by atoms with Crippen molar-refractivity contribution in [2.75, 3.05) is 11.9 Å². The van der Waals surface area contributed by atoms with Crippen LogP contribution in [0.4, 0.5) is 5.13 Å². The molecule has 3 heterocycles. The first kappa shape index (κ1) is 13.9. The van der Waals surface area contributed by atoms with Gasteiger partial charge in [-0.15, -0.1) is 21.5 Å². The van der Waals surface area contributed by atoms with Crippen LogP contribution < -0.4 is 5.32 Å². The first-order valence-corrected chi connectivity index (χ1v) is 8.49. The van der Waals surface area contributed by atoms with Gasteiger partial charge in [0.1, 0.15) is 16.1 Å². The van der Waals surface area contributed by atoms with Crippen molar-refractivity contribution in [2.24, 2.45) is 0 Å². The van der Waals surface area contributed by atoms with Gasteiger partial charge in [0.05, 0.1) is 6.54 Å². The van der Waals surface area contributed by atoms with Crippen molar-refractivity contribution in [3.63, 3.8) is 0 Å². The van der Waals surface area contributed by atoms with E-state index in [0.717, 1.165) is 41.1 Å². The van der Waals surface area contributed by atoms with E-state index < -0.39 is 0 Å². The van der Waals surface area contributed by atoms with Gasteiger partial charge in [-0.3, -0.25) is 0 Å². The molecule has 0 unspecified atom stereocenters. The Balaban J connectivity index is 1.57. The highest BCUT2D eigenvalue weighted by atomic mass is 32.1. The average Bonchev–Trinajstić information content (AvgIpc) is 3.17. The van der Waals surface area contributed by atoms with Gasteiger partial charge in [0.25, 0.3) is 0 Å². The summed E-state index contributed by atoms with van der Waals surface area (Å²) in [6, 6.07) is 0. The van der Waals surface area contributed by atoms with Gasteiger partial charge < -0.3 is 10.1 Å². The quantitative estimate of drug-likeness (QED) is 0.914. The summed E-state index contributed by atoms with van der Waals surface area (Å²) in [5.41, 5.74) is 0. The second-order valence-electron chi connectivity index (χ2n) is 5.12. The minimum absolute atomic E-state index is 0.211. The Labute approximate surface area is 126 Å². The summed E-state index contributed by atoms with van der Waals surface area (Å²) in [6.45, 7) is 5.86. The number of nitrogens with one attached hydrogen (secondary N) is 1. The summed E-state index contributed by atoms with van der Waals surface area (Å²) in [4.78, 5) is 5.67. The molecule has 0 aromatic carbocycles. The standard InChI is InChI=1S/C13H18N4OS2/c1-8(2)11-16-17-13(20-11)15-7-9-6-14-12(19-9)10-4-3-5-18-10/h6,8,10H,3-5,7H2,1-2H3,(H,15,17)/t10-/m1/s1. The molecule has 1 aliphatic rings. The van der Waals surface area contributed by atoms with Crippen LogP contribution in [0, 0.1) is 0 Å². The van der Waals surface area contributed by atoms with Crippen molar-refractivity contribution in [1.29, 1.82) is 0 Å². The predicted octanol–water partition coefficient (Wildman–Crippen LogP) is 3.58. The summed E-state index contributed by atoms with van der Waals surface area (Å²) in [5, 5.41) is 14.7. The maximum atomic E-state index is 5.65. The highest BCUT2D eigenvalue weighted by molar-refractivity contribution is 7.15. The number of ether oxygens (including phenoxy) is 1. The molecule has 0 spiro atoms. The molecule has 0 bridgehead atoms. The highest BCUT2D eigenvalue weighted by Crippen LogP contribution is 2.31. The van der Waals surface area contributed by atoms with Gasteiger partial charge in [-0.05, 0) is 12.8 Å². The Hall–Kier alpha value is -1.05. The lowest BCUT2D eigenvalue weighted by molar-refractivity contribution is 0.111. The van der Waals surface area contributed by atoms with Gasteiger partial charge in [0.15, 0.2) is 0 Å². The van der Waals surface area contributed by atoms with Gasteiger partial charge >= 0.3 is 0 Å². The van der Waals surface area contributed by atoms with Gasteiger partial charge in [-0.1, -0.05) is 25.2 Å². The maximum Gasteiger partial charge on any atom is 0.205 e. The van der Waals surface area contributed by atoms with Crippen LogP contribution in [0.15, 0.2) is 6.20 Å². The van der Waals surface area contributed by atoms with E-state index in [0.29, 0.717) is 5.92 Å². The fraction of sp³-hybridized carbons (Fsp3) is 0.615. The third-order valence-electron chi connectivity index (χ3n) is 3.12. The van der Waals surface area contributed by atoms with E-state index in [4.69, 9.17) is 4.74 Å². The summed E-state index contributed by atoms with van der Waals surface area (Å²) < 4.78 is 5.65. The van der Waals surface area contributed by atoms with Crippen LogP contribution in [-0.2, 0) is 11.3 Å². The fourth-order valence-electron chi connectivity index (χ4n) is 2.03. The average molecular weight is 310 g/mol. The van der Waals surface area contributed by atoms with Crippen molar-refractivity contribution in [2.45, 2.75) is 45.3 Å². The number of nitrogens with zero attached hydrogens (tertiary/aromatic N) is 3. The molecule has 7 heteroatoms. The number of thiazole rings is 1. The molecule has 0 amide bonds. The number of hydrogen-bond acceptors (Lipinski definition) is 7. The second-order valence-corrected chi connectivity index (χ2v) is 7.28. The minimum atomic E-state index is 0.211. The molecule has 1 saturated heterocycles. The monoisotopic (exact) mass is 310 g/mol. The van der Waals surface area contributed by atoms with Crippen molar-refractivity contribution in [3.05, 3.63) is 21.1 Å². The van der Waals surface area contributed by atoms with Gasteiger partial charge in [0.2, 0.25) is 5.13 Å². The first-order chi connectivity index (χ1) is 9.72. The normalized spacial score (nSPS) is 18.9. The van der Waals surface area contributed by atoms with E-state index in [1.54, 1.807) is 22.7 Å². The highest BCUT2D eigenvalue weighted by Gasteiger charge is 2.20. The molecule has 20 heavy (non-hydrogen) atoms. The molecular weight excluding hydrogens is 292 g/mol. The molecule has 108 valence electrons. The Morgan fingerprint density at radius 2 is 2.30 bits per heavy atom. The molecule has 0 radical (unpaired) electrons. The predicted molar refractivity (Wildman–Crippen MR) is 81.4 cm³/mol. The first-order valence-electron chi connectivity index (χ1n) is 6.86. The smallest absolute Gasteiger partial charge is 0.205 e.